The van der Waals surface area contributed by atoms with Crippen LogP contribution in [0.1, 0.15) is 309 Å². The van der Waals surface area contributed by atoms with Gasteiger partial charge >= 0.3 is 5.97 Å². The second-order valence-corrected chi connectivity index (χ2v) is 20.0. The summed E-state index contributed by atoms with van der Waals surface area (Å²) in [6.07, 6.45) is 68.7. The molecule has 1 amide bonds. The molecule has 0 aliphatic rings. The molecule has 0 saturated carbocycles. The van der Waals surface area contributed by atoms with E-state index in [0.717, 1.165) is 70.6 Å². The van der Waals surface area contributed by atoms with E-state index in [1.807, 2.05) is 6.08 Å². The number of carbonyl (C=O) groups is 2. The van der Waals surface area contributed by atoms with E-state index in [0.29, 0.717) is 19.4 Å². The molecule has 0 heterocycles. The summed E-state index contributed by atoms with van der Waals surface area (Å²) >= 11 is 0. The van der Waals surface area contributed by atoms with E-state index < -0.39 is 12.1 Å². The highest BCUT2D eigenvalue weighted by atomic mass is 16.5. The van der Waals surface area contributed by atoms with Crippen LogP contribution in [0.15, 0.2) is 36.5 Å². The molecule has 0 radical (unpaired) electrons. The average Bonchev–Trinajstić information content (AvgIpc) is 3.32. The van der Waals surface area contributed by atoms with Crippen molar-refractivity contribution in [2.75, 3.05) is 13.2 Å². The number of amides is 1. The van der Waals surface area contributed by atoms with Crippen molar-refractivity contribution in [3.05, 3.63) is 36.5 Å². The molecule has 0 aromatic rings. The Kier molecular flexibility index (Phi) is 54.1. The molecule has 6 nitrogen and oxygen atoms in total. The largest absolute Gasteiger partial charge is 0.466 e. The number of hydrogen-bond donors (Lipinski definition) is 3. The van der Waals surface area contributed by atoms with Crippen molar-refractivity contribution in [1.29, 1.82) is 0 Å². The standard InChI is InChI=1S/C60H113NO5/c1-3-5-7-9-11-13-15-17-19-21-22-23-24-25-26-28-32-36-40-44-48-52-58(63)57(56-62)61-59(64)53-49-45-41-37-33-30-31-35-39-43-47-51-55-66-60(65)54-50-46-42-38-34-29-27-20-18-16-14-12-10-8-6-4-2/h14,16,20,27,48,52,57-58,62-63H,3-13,15,17-19,21-26,28-47,49-51,53-56H2,1-2H3,(H,61,64)/b16-14-,27-20-,52-48+. The summed E-state index contributed by atoms with van der Waals surface area (Å²) in [5, 5.41) is 23.2. The quantitative estimate of drug-likeness (QED) is 0.0321. The van der Waals surface area contributed by atoms with Gasteiger partial charge in [-0.1, -0.05) is 269 Å². The van der Waals surface area contributed by atoms with Crippen molar-refractivity contribution in [1.82, 2.24) is 5.32 Å². The van der Waals surface area contributed by atoms with Gasteiger partial charge in [0.05, 0.1) is 25.4 Å². The fraction of sp³-hybridized carbons (Fsp3) is 0.867. The Morgan fingerprint density at radius 2 is 0.758 bits per heavy atom. The van der Waals surface area contributed by atoms with E-state index in [1.165, 1.54) is 212 Å². The summed E-state index contributed by atoms with van der Waals surface area (Å²) in [7, 11) is 0. The normalized spacial score (nSPS) is 12.8. The lowest BCUT2D eigenvalue weighted by molar-refractivity contribution is -0.143. The lowest BCUT2D eigenvalue weighted by Crippen LogP contribution is -2.45. The lowest BCUT2D eigenvalue weighted by Gasteiger charge is -2.20. The number of esters is 1. The number of carbonyl (C=O) groups excluding carboxylic acids is 2. The van der Waals surface area contributed by atoms with Crippen LogP contribution in [0.3, 0.4) is 0 Å². The second kappa shape index (κ2) is 55.7. The summed E-state index contributed by atoms with van der Waals surface area (Å²) in [6, 6.07) is -0.642. The zero-order valence-corrected chi connectivity index (χ0v) is 44.2. The van der Waals surface area contributed by atoms with Crippen LogP contribution in [0.2, 0.25) is 0 Å². The van der Waals surface area contributed by atoms with E-state index >= 15 is 0 Å². The molecule has 0 fully saturated rings. The molecule has 0 bridgehead atoms. The molecule has 0 saturated heterocycles. The molecular formula is C60H113NO5. The highest BCUT2D eigenvalue weighted by molar-refractivity contribution is 5.76. The zero-order valence-electron chi connectivity index (χ0n) is 44.2. The summed E-state index contributed by atoms with van der Waals surface area (Å²) < 4.78 is 5.46. The number of rotatable bonds is 54. The van der Waals surface area contributed by atoms with Crippen molar-refractivity contribution in [2.45, 2.75) is 321 Å². The number of aliphatic hydroxyl groups is 2. The van der Waals surface area contributed by atoms with Gasteiger partial charge in [-0.2, -0.15) is 0 Å². The molecule has 0 spiro atoms. The Hall–Kier alpha value is -1.92. The highest BCUT2D eigenvalue weighted by Gasteiger charge is 2.18. The molecule has 2 unspecified atom stereocenters. The molecule has 0 aliphatic heterocycles. The molecular weight excluding hydrogens is 815 g/mol. The van der Waals surface area contributed by atoms with E-state index in [2.05, 4.69) is 43.5 Å². The average molecular weight is 929 g/mol. The molecule has 3 N–H and O–H groups in total. The molecule has 0 aromatic carbocycles. The predicted molar refractivity (Wildman–Crippen MR) is 287 cm³/mol. The van der Waals surface area contributed by atoms with Crippen LogP contribution in [0.5, 0.6) is 0 Å². The van der Waals surface area contributed by atoms with Gasteiger partial charge < -0.3 is 20.3 Å². The first-order valence-corrected chi connectivity index (χ1v) is 29.3. The fourth-order valence-corrected chi connectivity index (χ4v) is 8.90. The van der Waals surface area contributed by atoms with Crippen LogP contribution < -0.4 is 5.32 Å². The van der Waals surface area contributed by atoms with Crippen molar-refractivity contribution >= 4 is 11.9 Å². The minimum atomic E-state index is -0.857. The van der Waals surface area contributed by atoms with E-state index in [-0.39, 0.29) is 18.5 Å². The van der Waals surface area contributed by atoms with Crippen LogP contribution in [-0.2, 0) is 14.3 Å². The smallest absolute Gasteiger partial charge is 0.305 e. The van der Waals surface area contributed by atoms with Gasteiger partial charge in [0.25, 0.3) is 0 Å². The Balaban J connectivity index is 3.50. The Labute approximate surface area is 411 Å². The molecule has 2 atom stereocenters. The molecule has 66 heavy (non-hydrogen) atoms. The molecule has 0 rings (SSSR count). The van der Waals surface area contributed by atoms with Crippen molar-refractivity contribution < 1.29 is 24.5 Å². The Bertz CT molecular complexity index is 1070. The lowest BCUT2D eigenvalue weighted by atomic mass is 10.0. The third-order valence-corrected chi connectivity index (χ3v) is 13.4. The highest BCUT2D eigenvalue weighted by Crippen LogP contribution is 2.17. The van der Waals surface area contributed by atoms with Gasteiger partial charge in [-0.25, -0.2) is 0 Å². The van der Waals surface area contributed by atoms with Crippen molar-refractivity contribution in [2.24, 2.45) is 0 Å². The number of nitrogens with one attached hydrogen (secondary N) is 1. The van der Waals surface area contributed by atoms with E-state index in [1.54, 1.807) is 6.08 Å². The maximum atomic E-state index is 12.5. The maximum Gasteiger partial charge on any atom is 0.305 e. The minimum absolute atomic E-state index is 0.0240. The van der Waals surface area contributed by atoms with Gasteiger partial charge in [0, 0.05) is 12.8 Å². The summed E-state index contributed by atoms with van der Waals surface area (Å²) in [6.45, 7) is 4.86. The first-order valence-electron chi connectivity index (χ1n) is 29.3. The third-order valence-electron chi connectivity index (χ3n) is 13.4. The Morgan fingerprint density at radius 3 is 1.17 bits per heavy atom. The number of ether oxygens (including phenoxy) is 1. The van der Waals surface area contributed by atoms with Crippen LogP contribution >= 0.6 is 0 Å². The topological polar surface area (TPSA) is 95.9 Å². The summed E-state index contributed by atoms with van der Waals surface area (Å²) in [5.41, 5.74) is 0. The van der Waals surface area contributed by atoms with E-state index in [4.69, 9.17) is 4.74 Å². The number of unbranched alkanes of at least 4 members (excludes halogenated alkanes) is 39. The second-order valence-electron chi connectivity index (χ2n) is 20.0. The number of aliphatic hydroxyl groups excluding tert-OH is 2. The fourth-order valence-electron chi connectivity index (χ4n) is 8.90. The van der Waals surface area contributed by atoms with Gasteiger partial charge in [-0.15, -0.1) is 0 Å². The Morgan fingerprint density at radius 1 is 0.424 bits per heavy atom. The summed E-state index contributed by atoms with van der Waals surface area (Å²) in [4.78, 5) is 24.5. The third kappa shape index (κ3) is 51.5. The summed E-state index contributed by atoms with van der Waals surface area (Å²) in [5.74, 6) is -0.106. The van der Waals surface area contributed by atoms with Crippen LogP contribution in [0.4, 0.5) is 0 Å². The van der Waals surface area contributed by atoms with Gasteiger partial charge in [0.2, 0.25) is 5.91 Å². The van der Waals surface area contributed by atoms with Crippen molar-refractivity contribution in [3.8, 4) is 0 Å². The zero-order chi connectivity index (χ0) is 47.9. The molecule has 6 heteroatoms. The van der Waals surface area contributed by atoms with Crippen LogP contribution in [0.25, 0.3) is 0 Å². The van der Waals surface area contributed by atoms with Gasteiger partial charge in [0.1, 0.15) is 0 Å². The van der Waals surface area contributed by atoms with Crippen molar-refractivity contribution in [3.63, 3.8) is 0 Å². The maximum absolute atomic E-state index is 12.5. The predicted octanol–water partition coefficient (Wildman–Crippen LogP) is 18.0. The minimum Gasteiger partial charge on any atom is -0.466 e. The monoisotopic (exact) mass is 928 g/mol. The number of allylic oxidation sites excluding steroid dienone is 5. The van der Waals surface area contributed by atoms with Gasteiger partial charge in [-0.3, -0.25) is 9.59 Å². The molecule has 0 aromatic heterocycles. The molecule has 0 aliphatic carbocycles. The number of hydrogen-bond acceptors (Lipinski definition) is 5. The first-order chi connectivity index (χ1) is 32.5. The van der Waals surface area contributed by atoms with Gasteiger partial charge in [0.15, 0.2) is 0 Å². The van der Waals surface area contributed by atoms with Gasteiger partial charge in [-0.05, 0) is 64.2 Å². The van der Waals surface area contributed by atoms with Crippen LogP contribution in [0, 0.1) is 0 Å². The first kappa shape index (κ1) is 64.1. The SMILES string of the molecule is CCCCCC/C=C\C/C=C\CCCCCCCC(=O)OCCCCCCCCCCCCCCC(=O)NC(CO)C(O)/C=C/CCCCCCCCCCCCCCCCCCCCC. The molecule has 388 valence electrons. The van der Waals surface area contributed by atoms with Crippen LogP contribution in [-0.4, -0.2) is 47.4 Å². The van der Waals surface area contributed by atoms with E-state index in [9.17, 15) is 19.8 Å².